The molecule has 0 saturated carbocycles. The second kappa shape index (κ2) is 12.1. The van der Waals surface area contributed by atoms with Crippen molar-refractivity contribution in [2.24, 2.45) is 17.8 Å². The van der Waals surface area contributed by atoms with Crippen molar-refractivity contribution < 1.29 is 23.9 Å². The minimum absolute atomic E-state index is 0.0452. The average Bonchev–Trinajstić information content (AvgIpc) is 2.92. The molecule has 1 aromatic heterocycles. The molecule has 0 spiro atoms. The number of Topliss-reactive ketones (excluding diaryl/α,β-unsaturated/α-hetero) is 1. The number of pyridine rings is 1. The van der Waals surface area contributed by atoms with Gasteiger partial charge in [0.05, 0.1) is 11.2 Å². The van der Waals surface area contributed by atoms with Gasteiger partial charge in [0.1, 0.15) is 24.0 Å². The van der Waals surface area contributed by atoms with Crippen LogP contribution in [0.15, 0.2) is 36.4 Å². The summed E-state index contributed by atoms with van der Waals surface area (Å²) in [5, 5.41) is 5.12. The van der Waals surface area contributed by atoms with Crippen molar-refractivity contribution in [1.82, 2.24) is 20.7 Å². The Hall–Kier alpha value is -3.59. The van der Waals surface area contributed by atoms with Crippen LogP contribution >= 0.6 is 0 Å². The van der Waals surface area contributed by atoms with Gasteiger partial charge < -0.3 is 10.1 Å². The van der Waals surface area contributed by atoms with E-state index in [1.165, 1.54) is 5.01 Å². The van der Waals surface area contributed by atoms with Gasteiger partial charge in [-0.05, 0) is 50.3 Å². The Morgan fingerprint density at radius 1 is 1.05 bits per heavy atom. The van der Waals surface area contributed by atoms with Gasteiger partial charge in [-0.2, -0.15) is 0 Å². The summed E-state index contributed by atoms with van der Waals surface area (Å²) in [7, 11) is 0. The van der Waals surface area contributed by atoms with E-state index in [9.17, 15) is 19.2 Å². The van der Waals surface area contributed by atoms with Gasteiger partial charge in [0.2, 0.25) is 5.91 Å². The van der Waals surface area contributed by atoms with E-state index in [2.05, 4.69) is 10.7 Å². The molecule has 2 aliphatic heterocycles. The number of esters is 1. The molecule has 2 aliphatic rings. The topological polar surface area (TPSA) is 118 Å². The Balaban J connectivity index is 1.67. The smallest absolute Gasteiger partial charge is 0.325 e. The molecule has 0 radical (unpaired) electrons. The second-order valence-electron chi connectivity index (χ2n) is 11.0. The minimum Gasteiger partial charge on any atom is -0.455 e. The number of carbonyl (C=O) groups is 4. The van der Waals surface area contributed by atoms with Crippen molar-refractivity contribution in [2.45, 2.75) is 72.1 Å². The Morgan fingerprint density at radius 2 is 1.79 bits per heavy atom. The second-order valence-corrected chi connectivity index (χ2v) is 11.0. The molecule has 0 unspecified atom stereocenters. The van der Waals surface area contributed by atoms with Crippen LogP contribution in [0, 0.1) is 17.8 Å². The largest absolute Gasteiger partial charge is 0.455 e. The number of hydrazine groups is 1. The maximum atomic E-state index is 13.2. The highest BCUT2D eigenvalue weighted by Gasteiger charge is 2.34. The molecular formula is C30H38N4O5. The highest BCUT2D eigenvalue weighted by Crippen LogP contribution is 2.24. The molecule has 39 heavy (non-hydrogen) atoms. The fraction of sp³-hybridized carbons (Fsp3) is 0.500. The standard InChI is InChI=1S/C30H38N4O5/c1-17(2)23-16-27(35)18(3)8-9-21-10-11-22-12-13-24(32-26(22)15-21)20(5)39-30(38)25-7-6-14-34(33-25)29(37)19(4)31-28(23)36/h8-13,15,17-20,23,25,33H,6-7,14,16H2,1-5H3,(H,31,36)/b9-8+/t18-,19+,20-,23+,25+/m1/s1. The van der Waals surface area contributed by atoms with Gasteiger partial charge in [-0.15, -0.1) is 0 Å². The fourth-order valence-corrected chi connectivity index (χ4v) is 4.92. The quantitative estimate of drug-likeness (QED) is 0.535. The number of benzene rings is 1. The van der Waals surface area contributed by atoms with Crippen molar-refractivity contribution in [3.8, 4) is 0 Å². The third-order valence-corrected chi connectivity index (χ3v) is 7.56. The number of nitrogens with zero attached hydrogens (tertiary/aromatic N) is 2. The Labute approximate surface area is 229 Å². The van der Waals surface area contributed by atoms with Gasteiger partial charge in [-0.1, -0.05) is 51.1 Å². The van der Waals surface area contributed by atoms with Crippen LogP contribution in [0.25, 0.3) is 17.0 Å². The van der Waals surface area contributed by atoms with Crippen LogP contribution in [0.4, 0.5) is 0 Å². The highest BCUT2D eigenvalue weighted by atomic mass is 16.5. The first-order valence-corrected chi connectivity index (χ1v) is 13.7. The number of ether oxygens (including phenoxy) is 1. The number of hydrogen-bond acceptors (Lipinski definition) is 7. The molecule has 208 valence electrons. The van der Waals surface area contributed by atoms with Crippen molar-refractivity contribution >= 4 is 40.5 Å². The maximum Gasteiger partial charge on any atom is 0.325 e. The normalized spacial score (nSPS) is 28.4. The SMILES string of the molecule is CC(C)[C@@H]1CC(=O)[C@H](C)/C=C/c2ccc3ccc(nc3c2)[C@@H](C)OC(=O)[C@@H]2CCCN(N2)C(=O)[C@H](C)NC1=O. The Bertz CT molecular complexity index is 1290. The van der Waals surface area contributed by atoms with Crippen LogP contribution in [-0.2, 0) is 23.9 Å². The lowest BCUT2D eigenvalue weighted by Gasteiger charge is -2.35. The number of cyclic esters (lactones) is 1. The van der Waals surface area contributed by atoms with Crippen molar-refractivity contribution in [1.29, 1.82) is 0 Å². The number of rotatable bonds is 1. The molecule has 1 aromatic carbocycles. The summed E-state index contributed by atoms with van der Waals surface area (Å²) in [5.74, 6) is -2.25. The van der Waals surface area contributed by atoms with Crippen LogP contribution in [0.2, 0.25) is 0 Å². The van der Waals surface area contributed by atoms with Crippen molar-refractivity contribution in [2.75, 3.05) is 6.54 Å². The molecule has 4 rings (SSSR count). The lowest BCUT2D eigenvalue weighted by Crippen LogP contribution is -2.59. The van der Waals surface area contributed by atoms with Crippen LogP contribution < -0.4 is 10.7 Å². The first-order chi connectivity index (χ1) is 18.5. The monoisotopic (exact) mass is 534 g/mol. The van der Waals surface area contributed by atoms with Crippen LogP contribution in [0.1, 0.15) is 71.2 Å². The highest BCUT2D eigenvalue weighted by molar-refractivity contribution is 5.92. The minimum atomic E-state index is -0.830. The predicted octanol–water partition coefficient (Wildman–Crippen LogP) is 3.73. The summed E-state index contributed by atoms with van der Waals surface area (Å²) in [6.45, 7) is 9.40. The molecule has 2 amide bonds. The van der Waals surface area contributed by atoms with Gasteiger partial charge in [0.15, 0.2) is 0 Å². The van der Waals surface area contributed by atoms with E-state index in [4.69, 9.17) is 9.72 Å². The van der Waals surface area contributed by atoms with Gasteiger partial charge in [0.25, 0.3) is 5.91 Å². The molecule has 9 nitrogen and oxygen atoms in total. The van der Waals surface area contributed by atoms with Gasteiger partial charge >= 0.3 is 5.97 Å². The lowest BCUT2D eigenvalue weighted by molar-refractivity contribution is -0.157. The van der Waals surface area contributed by atoms with E-state index in [-0.39, 0.29) is 29.9 Å². The molecule has 0 aliphatic carbocycles. The zero-order valence-corrected chi connectivity index (χ0v) is 23.3. The number of ketones is 1. The van der Waals surface area contributed by atoms with E-state index >= 15 is 0 Å². The van der Waals surface area contributed by atoms with Crippen molar-refractivity contribution in [3.63, 3.8) is 0 Å². The number of amides is 2. The van der Waals surface area contributed by atoms with E-state index in [0.717, 1.165) is 16.5 Å². The average molecular weight is 535 g/mol. The number of aromatic nitrogens is 1. The van der Waals surface area contributed by atoms with E-state index in [1.807, 2.05) is 63.3 Å². The van der Waals surface area contributed by atoms with E-state index in [0.29, 0.717) is 25.1 Å². The van der Waals surface area contributed by atoms with Crippen molar-refractivity contribution in [3.05, 3.63) is 47.7 Å². The zero-order chi connectivity index (χ0) is 28.3. The molecular weight excluding hydrogens is 496 g/mol. The lowest BCUT2D eigenvalue weighted by atomic mass is 9.86. The van der Waals surface area contributed by atoms with E-state index < -0.39 is 36.0 Å². The zero-order valence-electron chi connectivity index (χ0n) is 23.3. The van der Waals surface area contributed by atoms with Crippen LogP contribution in [-0.4, -0.2) is 52.2 Å². The third-order valence-electron chi connectivity index (χ3n) is 7.56. The number of nitrogens with one attached hydrogen (secondary N) is 2. The Kier molecular flexibility index (Phi) is 8.80. The summed E-state index contributed by atoms with van der Waals surface area (Å²) in [5.41, 5.74) is 5.24. The van der Waals surface area contributed by atoms with E-state index in [1.54, 1.807) is 13.8 Å². The van der Waals surface area contributed by atoms with Gasteiger partial charge in [0, 0.05) is 30.2 Å². The first-order valence-electron chi connectivity index (χ1n) is 13.7. The number of carbonyl (C=O) groups excluding carboxylic acids is 4. The Morgan fingerprint density at radius 3 is 2.54 bits per heavy atom. The number of allylic oxidation sites excluding steroid dienone is 1. The van der Waals surface area contributed by atoms with Crippen LogP contribution in [0.5, 0.6) is 0 Å². The molecule has 1 fully saturated rings. The van der Waals surface area contributed by atoms with Gasteiger partial charge in [-0.25, -0.2) is 10.4 Å². The van der Waals surface area contributed by atoms with Gasteiger partial charge in [-0.3, -0.25) is 24.2 Å². The summed E-state index contributed by atoms with van der Waals surface area (Å²) in [4.78, 5) is 57.1. The molecule has 9 heteroatoms. The number of fused-ring (bicyclic) bond motifs is 4. The molecule has 5 bridgehead atoms. The summed E-state index contributed by atoms with van der Waals surface area (Å²) in [6, 6.07) is 8.11. The first kappa shape index (κ1) is 28.4. The molecule has 2 N–H and O–H groups in total. The maximum absolute atomic E-state index is 13.2. The number of hydrogen-bond donors (Lipinski definition) is 2. The molecule has 5 atom stereocenters. The summed E-state index contributed by atoms with van der Waals surface area (Å²) >= 11 is 0. The predicted molar refractivity (Wildman–Crippen MR) is 148 cm³/mol. The fourth-order valence-electron chi connectivity index (χ4n) is 4.92. The molecule has 3 heterocycles. The molecule has 2 aromatic rings. The third kappa shape index (κ3) is 6.71. The summed E-state index contributed by atoms with van der Waals surface area (Å²) in [6.07, 6.45) is 4.33. The summed E-state index contributed by atoms with van der Waals surface area (Å²) < 4.78 is 5.74. The molecule has 1 saturated heterocycles. The van der Waals surface area contributed by atoms with Crippen LogP contribution in [0.3, 0.4) is 0 Å².